The summed E-state index contributed by atoms with van der Waals surface area (Å²) in [7, 11) is 7.74. The minimum atomic E-state index is -0.207. The van der Waals surface area contributed by atoms with Gasteiger partial charge in [0, 0.05) is 50.4 Å². The third kappa shape index (κ3) is 5.43. The number of anilines is 1. The fourth-order valence-electron chi connectivity index (χ4n) is 5.24. The molecule has 0 radical (unpaired) electrons. The summed E-state index contributed by atoms with van der Waals surface area (Å²) in [5, 5.41) is 3.79. The van der Waals surface area contributed by atoms with E-state index < -0.39 is 0 Å². The van der Waals surface area contributed by atoms with E-state index in [0.717, 1.165) is 67.0 Å². The number of benzene rings is 2. The van der Waals surface area contributed by atoms with Crippen molar-refractivity contribution in [1.82, 2.24) is 15.1 Å². The molecule has 2 aromatic rings. The zero-order valence-corrected chi connectivity index (χ0v) is 20.8. The van der Waals surface area contributed by atoms with Gasteiger partial charge in [-0.2, -0.15) is 0 Å². The number of likely N-dealkylation sites (N-methyl/N-ethyl adjacent to an activating group) is 1. The number of hydrogen-bond donors (Lipinski definition) is 1. The third-order valence-electron chi connectivity index (χ3n) is 7.16. The third-order valence-corrected chi connectivity index (χ3v) is 7.16. The Morgan fingerprint density at radius 2 is 1.94 bits per heavy atom. The zero-order valence-electron chi connectivity index (χ0n) is 20.8. The first kappa shape index (κ1) is 24.6. The molecule has 0 bridgehead atoms. The molecule has 184 valence electrons. The predicted octanol–water partition coefficient (Wildman–Crippen LogP) is 3.60. The predicted molar refractivity (Wildman–Crippen MR) is 134 cm³/mol. The van der Waals surface area contributed by atoms with Gasteiger partial charge in [0.25, 0.3) is 0 Å². The van der Waals surface area contributed by atoms with Crippen LogP contribution in [0.2, 0.25) is 0 Å². The number of piperidine rings is 1. The lowest BCUT2D eigenvalue weighted by molar-refractivity contribution is -0.118. The molecule has 2 heterocycles. The molecule has 0 saturated carbocycles. The van der Waals surface area contributed by atoms with Crippen LogP contribution < -0.4 is 15.0 Å². The molecule has 4 rings (SSSR count). The van der Waals surface area contributed by atoms with E-state index in [1.165, 1.54) is 0 Å². The van der Waals surface area contributed by atoms with Crippen LogP contribution in [0.25, 0.3) is 0 Å². The van der Waals surface area contributed by atoms with Crippen LogP contribution in [0.1, 0.15) is 42.0 Å². The van der Waals surface area contributed by atoms with Crippen molar-refractivity contribution in [3.63, 3.8) is 0 Å². The van der Waals surface area contributed by atoms with Crippen molar-refractivity contribution in [3.8, 4) is 5.75 Å². The number of nitrogens with zero attached hydrogens (tertiary/aromatic N) is 3. The zero-order chi connectivity index (χ0) is 24.2. The number of amides is 1. The molecule has 7 heteroatoms. The fourth-order valence-corrected chi connectivity index (χ4v) is 5.24. The van der Waals surface area contributed by atoms with Gasteiger partial charge >= 0.3 is 0 Å². The van der Waals surface area contributed by atoms with Crippen molar-refractivity contribution in [2.45, 2.75) is 44.3 Å². The maximum atomic E-state index is 13.7. The Hall–Kier alpha value is -2.48. The highest BCUT2D eigenvalue weighted by Crippen LogP contribution is 2.35. The van der Waals surface area contributed by atoms with Gasteiger partial charge in [-0.15, -0.1) is 0 Å². The molecular weight excluding hydrogens is 431 g/mol. The molecule has 2 aliphatic rings. The summed E-state index contributed by atoms with van der Waals surface area (Å²) in [5.41, 5.74) is 4.31. The fraction of sp³-hybridized carbons (Fsp3) is 0.519. The number of ether oxygens (including phenoxy) is 1. The molecule has 0 aromatic heterocycles. The van der Waals surface area contributed by atoms with Crippen LogP contribution in [0.3, 0.4) is 0 Å². The second-order valence-electron chi connectivity index (χ2n) is 9.71. The Labute approximate surface area is 202 Å². The summed E-state index contributed by atoms with van der Waals surface area (Å²) in [5.74, 6) is 0.797. The van der Waals surface area contributed by atoms with E-state index in [2.05, 4.69) is 41.3 Å². The van der Waals surface area contributed by atoms with E-state index >= 15 is 0 Å². The summed E-state index contributed by atoms with van der Waals surface area (Å²) in [4.78, 5) is 18.7. The van der Waals surface area contributed by atoms with Crippen molar-refractivity contribution < 1.29 is 13.9 Å². The number of likely N-dealkylation sites (tertiary alicyclic amines) is 1. The van der Waals surface area contributed by atoms with Crippen molar-refractivity contribution >= 4 is 11.6 Å². The Kier molecular flexibility index (Phi) is 7.86. The van der Waals surface area contributed by atoms with Gasteiger partial charge in [-0.05, 0) is 75.3 Å². The molecule has 1 N–H and O–H groups in total. The maximum Gasteiger partial charge on any atom is 0.227 e. The number of carbonyl (C=O) groups excluding carboxylic acids is 1. The standard InChI is InChI=1S/C27H37FN4O2/c1-30(2)14-15-32-13-5-6-23(27(32)19-7-10-22(28)11-8-19)29-18-21-16-24-20(17-25(21)34-4)9-12-26(33)31(24)3/h7-8,10-11,16-17,23,27,29H,5-6,9,12-15,18H2,1-4H3. The summed E-state index contributed by atoms with van der Waals surface area (Å²) in [6.45, 7) is 3.61. The highest BCUT2D eigenvalue weighted by atomic mass is 19.1. The van der Waals surface area contributed by atoms with E-state index in [0.29, 0.717) is 13.0 Å². The van der Waals surface area contributed by atoms with Crippen LogP contribution in [0.4, 0.5) is 10.1 Å². The molecule has 2 atom stereocenters. The van der Waals surface area contributed by atoms with Gasteiger partial charge in [0.05, 0.1) is 13.2 Å². The van der Waals surface area contributed by atoms with Crippen molar-refractivity contribution in [2.24, 2.45) is 0 Å². The van der Waals surface area contributed by atoms with E-state index in [-0.39, 0.29) is 23.8 Å². The number of carbonyl (C=O) groups is 1. The highest BCUT2D eigenvalue weighted by Gasteiger charge is 2.32. The first-order valence-electron chi connectivity index (χ1n) is 12.2. The van der Waals surface area contributed by atoms with Gasteiger partial charge in [0.15, 0.2) is 0 Å². The monoisotopic (exact) mass is 468 g/mol. The smallest absolute Gasteiger partial charge is 0.227 e. The van der Waals surface area contributed by atoms with Crippen LogP contribution in [-0.2, 0) is 17.8 Å². The Balaban J connectivity index is 1.57. The average Bonchev–Trinajstić information content (AvgIpc) is 2.84. The summed E-state index contributed by atoms with van der Waals surface area (Å²) in [6.07, 6.45) is 3.45. The molecule has 2 aromatic carbocycles. The van der Waals surface area contributed by atoms with E-state index in [1.807, 2.05) is 19.2 Å². The van der Waals surface area contributed by atoms with Crippen LogP contribution >= 0.6 is 0 Å². The Bertz CT molecular complexity index is 995. The molecule has 1 amide bonds. The number of hydrogen-bond acceptors (Lipinski definition) is 5. The Morgan fingerprint density at radius 1 is 1.18 bits per heavy atom. The lowest BCUT2D eigenvalue weighted by Gasteiger charge is -2.42. The minimum absolute atomic E-state index is 0.150. The van der Waals surface area contributed by atoms with Crippen molar-refractivity contribution in [1.29, 1.82) is 0 Å². The van der Waals surface area contributed by atoms with E-state index in [9.17, 15) is 9.18 Å². The van der Waals surface area contributed by atoms with Gasteiger partial charge in [-0.25, -0.2) is 4.39 Å². The average molecular weight is 469 g/mol. The second-order valence-corrected chi connectivity index (χ2v) is 9.71. The molecule has 1 fully saturated rings. The van der Waals surface area contributed by atoms with Crippen LogP contribution in [-0.4, -0.2) is 69.6 Å². The highest BCUT2D eigenvalue weighted by molar-refractivity contribution is 5.96. The van der Waals surface area contributed by atoms with Crippen LogP contribution in [0.5, 0.6) is 5.75 Å². The largest absolute Gasteiger partial charge is 0.496 e. The maximum absolute atomic E-state index is 13.7. The molecule has 2 unspecified atom stereocenters. The molecule has 0 spiro atoms. The SMILES string of the molecule is COc1cc2c(cc1CNC1CCCN(CCN(C)C)C1c1ccc(F)cc1)N(C)C(=O)CC2. The summed E-state index contributed by atoms with van der Waals surface area (Å²) in [6, 6.07) is 11.5. The van der Waals surface area contributed by atoms with E-state index in [1.54, 1.807) is 24.1 Å². The topological polar surface area (TPSA) is 48.1 Å². The molecule has 6 nitrogen and oxygen atoms in total. The number of halogens is 1. The van der Waals surface area contributed by atoms with Crippen LogP contribution in [0, 0.1) is 5.82 Å². The van der Waals surface area contributed by atoms with Gasteiger partial charge in [0.1, 0.15) is 11.6 Å². The number of fused-ring (bicyclic) bond motifs is 1. The molecule has 34 heavy (non-hydrogen) atoms. The van der Waals surface area contributed by atoms with Crippen LogP contribution in [0.15, 0.2) is 36.4 Å². The number of aryl methyl sites for hydroxylation is 1. The minimum Gasteiger partial charge on any atom is -0.496 e. The number of nitrogens with one attached hydrogen (secondary N) is 1. The molecule has 0 aliphatic carbocycles. The lowest BCUT2D eigenvalue weighted by Crippen LogP contribution is -2.49. The van der Waals surface area contributed by atoms with Crippen molar-refractivity contribution in [3.05, 3.63) is 58.9 Å². The molecule has 2 aliphatic heterocycles. The first-order valence-corrected chi connectivity index (χ1v) is 12.2. The summed E-state index contributed by atoms with van der Waals surface area (Å²) < 4.78 is 19.4. The Morgan fingerprint density at radius 3 is 2.65 bits per heavy atom. The van der Waals surface area contributed by atoms with Gasteiger partial charge in [-0.1, -0.05) is 12.1 Å². The molecule has 1 saturated heterocycles. The summed E-state index contributed by atoms with van der Waals surface area (Å²) >= 11 is 0. The van der Waals surface area contributed by atoms with Crippen molar-refractivity contribution in [2.75, 3.05) is 52.8 Å². The van der Waals surface area contributed by atoms with Gasteiger partial charge in [0.2, 0.25) is 5.91 Å². The number of methoxy groups -OCH3 is 1. The normalized spacial score (nSPS) is 21.1. The first-order chi connectivity index (χ1) is 16.4. The second kappa shape index (κ2) is 10.8. The molecular formula is C27H37FN4O2. The quantitative estimate of drug-likeness (QED) is 0.642. The van der Waals surface area contributed by atoms with Gasteiger partial charge in [-0.3, -0.25) is 9.69 Å². The lowest BCUT2D eigenvalue weighted by atomic mass is 9.89. The van der Waals surface area contributed by atoms with Gasteiger partial charge < -0.3 is 19.9 Å². The number of rotatable bonds is 8. The van der Waals surface area contributed by atoms with E-state index in [4.69, 9.17) is 4.74 Å².